The van der Waals surface area contributed by atoms with E-state index in [9.17, 15) is 10.5 Å². The molecule has 0 saturated carbocycles. The molecule has 8 aromatic carbocycles. The summed E-state index contributed by atoms with van der Waals surface area (Å²) in [4.78, 5) is 9.56. The molecule has 0 bridgehead atoms. The molecule has 6 heteroatoms. The smallest absolute Gasteiger partial charge is 0.177 e. The van der Waals surface area contributed by atoms with Crippen LogP contribution in [-0.2, 0) is 0 Å². The van der Waals surface area contributed by atoms with E-state index in [1.807, 2.05) is 0 Å². The Morgan fingerprint density at radius 3 is 1.05 bits per heavy atom. The summed E-state index contributed by atoms with van der Waals surface area (Å²) in [7, 11) is 0. The quantitative estimate of drug-likeness (QED) is 0.178. The molecule has 0 saturated heterocycles. The summed E-state index contributed by atoms with van der Waals surface area (Å²) in [5.41, 5.74) is 19.3. The second-order valence-corrected chi connectivity index (χ2v) is 16.6. The summed E-state index contributed by atoms with van der Waals surface area (Å²) in [6, 6.07) is 56.8. The molecule has 3 heterocycles. The zero-order valence-corrected chi connectivity index (χ0v) is 34.5. The zero-order valence-electron chi connectivity index (χ0n) is 34.5. The lowest BCUT2D eigenvalue weighted by Crippen LogP contribution is -2.00. The fourth-order valence-electron chi connectivity index (χ4n) is 10.3. The van der Waals surface area contributed by atoms with Gasteiger partial charge < -0.3 is 9.13 Å². The highest BCUT2D eigenvalue weighted by Crippen LogP contribution is 2.52. The average Bonchev–Trinajstić information content (AvgIpc) is 3.93. The van der Waals surface area contributed by atoms with Crippen LogP contribution >= 0.6 is 0 Å². The van der Waals surface area contributed by atoms with Crippen LogP contribution in [-0.4, -0.2) is 19.1 Å². The minimum atomic E-state index is 0.0377. The Kier molecular flexibility index (Phi) is 7.52. The third kappa shape index (κ3) is 4.84. The van der Waals surface area contributed by atoms with Gasteiger partial charge in [0.2, 0.25) is 0 Å². The first kappa shape index (κ1) is 35.6. The number of nitriles is 2. The van der Waals surface area contributed by atoms with Crippen LogP contribution in [0.25, 0.3) is 111 Å². The van der Waals surface area contributed by atoms with Crippen LogP contribution in [0.4, 0.5) is 0 Å². The number of hydrogen-bond acceptors (Lipinski definition) is 4. The van der Waals surface area contributed by atoms with Crippen molar-refractivity contribution in [1.29, 1.82) is 10.5 Å². The van der Waals surface area contributed by atoms with Gasteiger partial charge in [0.15, 0.2) is 11.4 Å². The van der Waals surface area contributed by atoms with Crippen LogP contribution in [0.2, 0.25) is 0 Å². The van der Waals surface area contributed by atoms with E-state index in [0.29, 0.717) is 11.4 Å². The molecule has 0 atom stereocenters. The molecule has 0 radical (unpaired) electrons. The summed E-state index contributed by atoms with van der Waals surface area (Å²) >= 11 is 0. The fourth-order valence-corrected chi connectivity index (χ4v) is 10.3. The van der Waals surface area contributed by atoms with Gasteiger partial charge in [-0.05, 0) is 126 Å². The number of fused-ring (bicyclic) bond motifs is 9. The average molecular weight is 793 g/mol. The predicted octanol–water partition coefficient (Wildman–Crippen LogP) is 13.8. The fraction of sp³-hybridized carbons (Fsp3) is 0.0714. The van der Waals surface area contributed by atoms with Crippen LogP contribution in [0.3, 0.4) is 0 Å². The first-order chi connectivity index (χ1) is 30.3. The third-order valence-electron chi connectivity index (χ3n) is 13.1. The Morgan fingerprint density at radius 1 is 0.371 bits per heavy atom. The first-order valence-corrected chi connectivity index (χ1v) is 20.9. The van der Waals surface area contributed by atoms with E-state index in [1.54, 1.807) is 0 Å². The number of aryl methyl sites for hydroxylation is 4. The summed E-state index contributed by atoms with van der Waals surface area (Å²) in [5.74, 6) is 0. The van der Waals surface area contributed by atoms with Gasteiger partial charge in [0, 0.05) is 49.4 Å². The van der Waals surface area contributed by atoms with Gasteiger partial charge in [-0.15, -0.1) is 0 Å². The number of rotatable bonds is 4. The van der Waals surface area contributed by atoms with Gasteiger partial charge in [-0.25, -0.2) is 9.97 Å². The molecule has 1 aliphatic rings. The summed E-state index contributed by atoms with van der Waals surface area (Å²) in [6.07, 6.45) is 0. The Labute approximate surface area is 357 Å². The zero-order chi connectivity index (χ0) is 42.0. The minimum absolute atomic E-state index is 0.0377. The number of aromatic nitrogens is 4. The highest BCUT2D eigenvalue weighted by atomic mass is 15.0. The Morgan fingerprint density at radius 2 is 0.694 bits per heavy atom. The Balaban J connectivity index is 1.12. The highest BCUT2D eigenvalue weighted by Gasteiger charge is 2.30. The van der Waals surface area contributed by atoms with Gasteiger partial charge in [0.1, 0.15) is 12.1 Å². The van der Waals surface area contributed by atoms with Gasteiger partial charge in [0.05, 0.1) is 33.5 Å². The van der Waals surface area contributed by atoms with Crippen molar-refractivity contribution in [2.45, 2.75) is 27.7 Å². The van der Waals surface area contributed by atoms with E-state index < -0.39 is 0 Å². The van der Waals surface area contributed by atoms with E-state index in [0.717, 1.165) is 77.8 Å². The van der Waals surface area contributed by atoms with Gasteiger partial charge in [-0.1, -0.05) is 97.1 Å². The number of para-hydroxylation sites is 4. The largest absolute Gasteiger partial charge is 0.309 e. The molecule has 6 nitrogen and oxygen atoms in total. The van der Waals surface area contributed by atoms with Crippen LogP contribution < -0.4 is 0 Å². The SMILES string of the molecule is Cc1cc(-n2c3ccccc3c3ccccc32)c(C)cc1-c1ccc2c3c(ccc(-c4cc(C)c(-n5c6ccccc6c6ccccc65)cc4C)c13)-c1nc(C#N)c(C#N)nc1-2. The summed E-state index contributed by atoms with van der Waals surface area (Å²) in [6.45, 7) is 8.84. The number of nitrogens with zero attached hydrogens (tertiary/aromatic N) is 6. The molecule has 290 valence electrons. The van der Waals surface area contributed by atoms with Gasteiger partial charge in [-0.3, -0.25) is 0 Å². The van der Waals surface area contributed by atoms with E-state index >= 15 is 0 Å². The van der Waals surface area contributed by atoms with Crippen molar-refractivity contribution in [3.05, 3.63) is 179 Å². The minimum Gasteiger partial charge on any atom is -0.309 e. The van der Waals surface area contributed by atoms with Crippen molar-refractivity contribution in [2.24, 2.45) is 0 Å². The Hall–Kier alpha value is -8.32. The second-order valence-electron chi connectivity index (χ2n) is 16.6. The van der Waals surface area contributed by atoms with Crippen LogP contribution in [0.15, 0.2) is 146 Å². The molecular weight excluding hydrogens is 757 g/mol. The molecular formula is C56H36N6. The van der Waals surface area contributed by atoms with Crippen LogP contribution in [0.5, 0.6) is 0 Å². The van der Waals surface area contributed by atoms with Crippen LogP contribution in [0.1, 0.15) is 33.6 Å². The Bertz CT molecular complexity index is 3530. The number of benzene rings is 8. The molecule has 0 fully saturated rings. The molecule has 62 heavy (non-hydrogen) atoms. The molecule has 1 aliphatic carbocycles. The van der Waals surface area contributed by atoms with E-state index in [1.165, 1.54) is 43.6 Å². The maximum atomic E-state index is 10.00. The van der Waals surface area contributed by atoms with E-state index in [2.05, 4.69) is 195 Å². The number of hydrogen-bond donors (Lipinski definition) is 0. The maximum Gasteiger partial charge on any atom is 0.177 e. The van der Waals surface area contributed by atoms with Crippen molar-refractivity contribution in [3.63, 3.8) is 0 Å². The lowest BCUT2D eigenvalue weighted by molar-refractivity contribution is 1.14. The molecule has 0 spiro atoms. The molecule has 0 amide bonds. The van der Waals surface area contributed by atoms with Crippen LogP contribution in [0, 0.1) is 50.4 Å². The van der Waals surface area contributed by atoms with Crippen molar-refractivity contribution >= 4 is 54.4 Å². The van der Waals surface area contributed by atoms with Gasteiger partial charge in [-0.2, -0.15) is 10.5 Å². The van der Waals surface area contributed by atoms with E-state index in [4.69, 9.17) is 9.97 Å². The van der Waals surface area contributed by atoms with Crippen molar-refractivity contribution in [1.82, 2.24) is 19.1 Å². The maximum absolute atomic E-state index is 10.00. The molecule has 12 rings (SSSR count). The predicted molar refractivity (Wildman–Crippen MR) is 252 cm³/mol. The molecule has 11 aromatic rings. The molecule has 0 N–H and O–H groups in total. The topological polar surface area (TPSA) is 83.2 Å². The summed E-state index contributed by atoms with van der Waals surface area (Å²) in [5, 5.41) is 27.1. The standard InChI is InChI=1S/C56H36N6/c1-31-27-51(61-47-17-9-5-13-35(47)36-14-6-10-18-48(36)61)33(3)25-43(31)39-21-23-41-54-42(56-55(41)59-45(29-57)46(30-58)60-56)24-22-40(53(39)54)44-26-34(4)52(28-32(44)2)62-49-19-11-7-15-37(49)38-16-8-12-20-50(38)62/h5-28H,1-4H3. The molecule has 0 aliphatic heterocycles. The van der Waals surface area contributed by atoms with E-state index in [-0.39, 0.29) is 11.4 Å². The first-order valence-electron chi connectivity index (χ1n) is 20.9. The third-order valence-corrected chi connectivity index (χ3v) is 13.1. The molecule has 0 unspecified atom stereocenters. The van der Waals surface area contributed by atoms with Crippen molar-refractivity contribution in [3.8, 4) is 68.3 Å². The summed E-state index contributed by atoms with van der Waals surface area (Å²) < 4.78 is 4.79. The van der Waals surface area contributed by atoms with Gasteiger partial charge in [0.25, 0.3) is 0 Å². The second kappa shape index (κ2) is 13.1. The normalized spacial score (nSPS) is 11.8. The highest BCUT2D eigenvalue weighted by molar-refractivity contribution is 6.22. The van der Waals surface area contributed by atoms with Crippen molar-refractivity contribution < 1.29 is 0 Å². The molecule has 3 aromatic heterocycles. The monoisotopic (exact) mass is 792 g/mol. The van der Waals surface area contributed by atoms with Crippen molar-refractivity contribution in [2.75, 3.05) is 0 Å². The lowest BCUT2D eigenvalue weighted by atomic mass is 9.85. The lowest BCUT2D eigenvalue weighted by Gasteiger charge is -2.20. The van der Waals surface area contributed by atoms with Gasteiger partial charge >= 0.3 is 0 Å².